The Morgan fingerprint density at radius 2 is 2.08 bits per heavy atom. The van der Waals surface area contributed by atoms with Crippen LogP contribution in [0.4, 0.5) is 0 Å². The van der Waals surface area contributed by atoms with Crippen molar-refractivity contribution >= 4 is 0 Å². The minimum absolute atomic E-state index is 0.436. The minimum atomic E-state index is 0.436. The molecule has 0 aliphatic heterocycles. The Hall–Kier alpha value is -1.84. The van der Waals surface area contributed by atoms with Crippen molar-refractivity contribution in [1.82, 2.24) is 14.8 Å². The first-order valence-corrected chi connectivity index (χ1v) is 3.84. The molecular formula is C9H8N3O. The van der Waals surface area contributed by atoms with Crippen molar-refractivity contribution in [2.45, 2.75) is 0 Å². The standard InChI is InChI=1S/C9H8N3O/c1-13-9-10-7-11-12(9)8-5-3-2-4-6-8/h2-6H,1H3. The lowest BCUT2D eigenvalue weighted by Gasteiger charge is -2.02. The zero-order valence-corrected chi connectivity index (χ0v) is 7.14. The predicted octanol–water partition coefficient (Wildman–Crippen LogP) is 1.08. The molecular weight excluding hydrogens is 166 g/mol. The van der Waals surface area contributed by atoms with E-state index in [1.807, 2.05) is 30.3 Å². The van der Waals surface area contributed by atoms with Gasteiger partial charge < -0.3 is 4.74 Å². The van der Waals surface area contributed by atoms with Gasteiger partial charge in [-0.15, -0.1) is 5.10 Å². The van der Waals surface area contributed by atoms with Crippen molar-refractivity contribution in [1.29, 1.82) is 0 Å². The number of aromatic nitrogens is 3. The van der Waals surface area contributed by atoms with Gasteiger partial charge >= 0.3 is 6.01 Å². The van der Waals surface area contributed by atoms with Crippen LogP contribution < -0.4 is 4.74 Å². The molecule has 4 heteroatoms. The Kier molecular flexibility index (Phi) is 1.96. The van der Waals surface area contributed by atoms with Crippen LogP contribution in [0.25, 0.3) is 5.69 Å². The average molecular weight is 174 g/mol. The van der Waals surface area contributed by atoms with Gasteiger partial charge in [-0.3, -0.25) is 0 Å². The number of para-hydroxylation sites is 1. The van der Waals surface area contributed by atoms with Crippen LogP contribution in [-0.4, -0.2) is 21.9 Å². The second kappa shape index (κ2) is 3.26. The van der Waals surface area contributed by atoms with Gasteiger partial charge in [-0.2, -0.15) is 9.67 Å². The summed E-state index contributed by atoms with van der Waals surface area (Å²) in [6.07, 6.45) is 2.49. The smallest absolute Gasteiger partial charge is 0.320 e. The lowest BCUT2D eigenvalue weighted by molar-refractivity contribution is 0.368. The van der Waals surface area contributed by atoms with Crippen LogP contribution in [0.15, 0.2) is 30.3 Å². The maximum absolute atomic E-state index is 5.00. The third kappa shape index (κ3) is 1.38. The number of hydrogen-bond acceptors (Lipinski definition) is 3. The highest BCUT2D eigenvalue weighted by atomic mass is 16.5. The van der Waals surface area contributed by atoms with Crippen LogP contribution in [0, 0.1) is 6.33 Å². The van der Waals surface area contributed by atoms with Gasteiger partial charge in [-0.1, -0.05) is 18.2 Å². The molecule has 0 saturated carbocycles. The second-order valence-electron chi connectivity index (χ2n) is 2.45. The van der Waals surface area contributed by atoms with Crippen molar-refractivity contribution in [2.75, 3.05) is 7.11 Å². The van der Waals surface area contributed by atoms with Gasteiger partial charge in [0.05, 0.1) is 12.8 Å². The summed E-state index contributed by atoms with van der Waals surface area (Å²) in [4.78, 5) is 3.82. The van der Waals surface area contributed by atoms with E-state index in [-0.39, 0.29) is 0 Å². The number of methoxy groups -OCH3 is 1. The Bertz CT molecular complexity index is 383. The van der Waals surface area contributed by atoms with Gasteiger partial charge in [0, 0.05) is 0 Å². The predicted molar refractivity (Wildman–Crippen MR) is 46.7 cm³/mol. The SMILES string of the molecule is COc1n[c]nn1-c1ccccc1. The first-order chi connectivity index (χ1) is 6.42. The molecule has 0 aliphatic rings. The molecule has 0 atom stereocenters. The fourth-order valence-electron chi connectivity index (χ4n) is 1.07. The minimum Gasteiger partial charge on any atom is -0.467 e. The lowest BCUT2D eigenvalue weighted by atomic mass is 10.3. The van der Waals surface area contributed by atoms with E-state index in [1.54, 1.807) is 11.8 Å². The number of rotatable bonds is 2. The van der Waals surface area contributed by atoms with E-state index >= 15 is 0 Å². The van der Waals surface area contributed by atoms with Gasteiger partial charge in [0.15, 0.2) is 0 Å². The Morgan fingerprint density at radius 3 is 2.77 bits per heavy atom. The average Bonchev–Trinajstić information content (AvgIpc) is 2.67. The molecule has 0 aliphatic carbocycles. The summed E-state index contributed by atoms with van der Waals surface area (Å²) in [6.45, 7) is 0. The fraction of sp³-hybridized carbons (Fsp3) is 0.111. The summed E-state index contributed by atoms with van der Waals surface area (Å²) in [5.74, 6) is 0. The van der Waals surface area contributed by atoms with Crippen LogP contribution in [-0.2, 0) is 0 Å². The van der Waals surface area contributed by atoms with E-state index in [1.165, 1.54) is 0 Å². The van der Waals surface area contributed by atoms with E-state index in [4.69, 9.17) is 4.74 Å². The second-order valence-corrected chi connectivity index (χ2v) is 2.45. The third-order valence-electron chi connectivity index (χ3n) is 1.65. The van der Waals surface area contributed by atoms with Crippen LogP contribution in [0.5, 0.6) is 6.01 Å². The summed E-state index contributed by atoms with van der Waals surface area (Å²) >= 11 is 0. The number of nitrogens with zero attached hydrogens (tertiary/aromatic N) is 3. The quantitative estimate of drug-likeness (QED) is 0.683. The third-order valence-corrected chi connectivity index (χ3v) is 1.65. The molecule has 2 rings (SSSR count). The van der Waals surface area contributed by atoms with Gasteiger partial charge in [0.2, 0.25) is 6.33 Å². The highest BCUT2D eigenvalue weighted by Gasteiger charge is 2.04. The summed E-state index contributed by atoms with van der Waals surface area (Å²) in [5, 5.41) is 3.91. The molecule has 1 heterocycles. The van der Waals surface area contributed by atoms with Gasteiger partial charge in [-0.05, 0) is 12.1 Å². The Labute approximate surface area is 75.8 Å². The van der Waals surface area contributed by atoms with E-state index in [0.717, 1.165) is 5.69 Å². The van der Waals surface area contributed by atoms with Gasteiger partial charge in [0.1, 0.15) is 0 Å². The molecule has 0 unspecified atom stereocenters. The maximum atomic E-state index is 5.00. The molecule has 1 aromatic carbocycles. The molecule has 1 radical (unpaired) electrons. The van der Waals surface area contributed by atoms with E-state index in [9.17, 15) is 0 Å². The molecule has 0 amide bonds. The fourth-order valence-corrected chi connectivity index (χ4v) is 1.07. The zero-order valence-electron chi connectivity index (χ0n) is 7.14. The van der Waals surface area contributed by atoms with Gasteiger partial charge in [-0.25, -0.2) is 0 Å². The highest BCUT2D eigenvalue weighted by molar-refractivity contribution is 5.31. The van der Waals surface area contributed by atoms with Crippen molar-refractivity contribution in [2.24, 2.45) is 0 Å². The monoisotopic (exact) mass is 174 g/mol. The van der Waals surface area contributed by atoms with E-state index in [0.29, 0.717) is 6.01 Å². The highest BCUT2D eigenvalue weighted by Crippen LogP contribution is 2.11. The molecule has 13 heavy (non-hydrogen) atoms. The Balaban J connectivity index is 2.47. The molecule has 65 valence electrons. The molecule has 0 bridgehead atoms. The maximum Gasteiger partial charge on any atom is 0.320 e. The molecule has 1 aromatic heterocycles. The summed E-state index contributed by atoms with van der Waals surface area (Å²) in [7, 11) is 1.55. The molecule has 4 nitrogen and oxygen atoms in total. The lowest BCUT2D eigenvalue weighted by Crippen LogP contribution is -1.99. The van der Waals surface area contributed by atoms with Gasteiger partial charge in [0.25, 0.3) is 0 Å². The van der Waals surface area contributed by atoms with Crippen LogP contribution in [0.2, 0.25) is 0 Å². The molecule has 0 saturated heterocycles. The van der Waals surface area contributed by atoms with Crippen molar-refractivity contribution < 1.29 is 4.74 Å². The first-order valence-electron chi connectivity index (χ1n) is 3.84. The first kappa shape index (κ1) is 7.79. The summed E-state index contributed by atoms with van der Waals surface area (Å²) in [5.41, 5.74) is 0.910. The largest absolute Gasteiger partial charge is 0.467 e. The number of hydrogen-bond donors (Lipinski definition) is 0. The van der Waals surface area contributed by atoms with Crippen molar-refractivity contribution in [3.8, 4) is 11.7 Å². The van der Waals surface area contributed by atoms with E-state index in [2.05, 4.69) is 16.4 Å². The van der Waals surface area contributed by atoms with E-state index < -0.39 is 0 Å². The van der Waals surface area contributed by atoms with Crippen LogP contribution in [0.1, 0.15) is 0 Å². The summed E-state index contributed by atoms with van der Waals surface area (Å²) in [6, 6.07) is 10.1. The van der Waals surface area contributed by atoms with Crippen molar-refractivity contribution in [3.63, 3.8) is 0 Å². The summed E-state index contributed by atoms with van der Waals surface area (Å²) < 4.78 is 6.58. The molecule has 0 spiro atoms. The molecule has 0 fully saturated rings. The number of benzene rings is 1. The molecule has 2 aromatic rings. The number of ether oxygens (including phenoxy) is 1. The topological polar surface area (TPSA) is 39.9 Å². The normalized spacial score (nSPS) is 9.92. The van der Waals surface area contributed by atoms with Crippen LogP contribution in [0.3, 0.4) is 0 Å². The van der Waals surface area contributed by atoms with Crippen molar-refractivity contribution in [3.05, 3.63) is 36.7 Å². The zero-order chi connectivity index (χ0) is 9.10. The Morgan fingerprint density at radius 1 is 1.31 bits per heavy atom. The molecule has 0 N–H and O–H groups in total. The van der Waals surface area contributed by atoms with Crippen LogP contribution >= 0.6 is 0 Å².